The Morgan fingerprint density at radius 2 is 1.59 bits per heavy atom. The van der Waals surface area contributed by atoms with E-state index in [0.29, 0.717) is 28.6 Å². The first-order chi connectivity index (χ1) is 16.1. The molecule has 0 N–H and O–H groups in total. The Morgan fingerprint density at radius 1 is 0.912 bits per heavy atom. The van der Waals surface area contributed by atoms with Crippen LogP contribution in [0.15, 0.2) is 30.3 Å². The van der Waals surface area contributed by atoms with Crippen LogP contribution in [0.5, 0.6) is 0 Å². The number of carbonyl (C=O) groups is 1. The lowest BCUT2D eigenvalue weighted by atomic mass is 9.78. The lowest BCUT2D eigenvalue weighted by Gasteiger charge is -2.49. The van der Waals surface area contributed by atoms with Gasteiger partial charge in [0, 0.05) is 11.2 Å². The smallest absolute Gasteiger partial charge is 0.338 e. The van der Waals surface area contributed by atoms with Gasteiger partial charge in [0.2, 0.25) is 0 Å². The van der Waals surface area contributed by atoms with Crippen molar-refractivity contribution >= 4 is 17.7 Å². The summed E-state index contributed by atoms with van der Waals surface area (Å²) >= 11 is 1.83. The Kier molecular flexibility index (Phi) is 9.91. The predicted molar refractivity (Wildman–Crippen MR) is 138 cm³/mol. The highest BCUT2D eigenvalue weighted by Crippen LogP contribution is 2.42. The first-order valence-electron chi connectivity index (χ1n) is 13.0. The van der Waals surface area contributed by atoms with Crippen molar-refractivity contribution < 1.29 is 23.7 Å². The van der Waals surface area contributed by atoms with E-state index in [1.807, 2.05) is 30.0 Å². The topological polar surface area (TPSA) is 54.0 Å². The van der Waals surface area contributed by atoms with Crippen molar-refractivity contribution in [3.8, 4) is 0 Å². The molecule has 2 heterocycles. The van der Waals surface area contributed by atoms with Crippen molar-refractivity contribution in [2.24, 2.45) is 29.6 Å². The molecule has 1 aromatic rings. The van der Waals surface area contributed by atoms with Crippen LogP contribution in [0, 0.1) is 29.6 Å². The molecule has 2 aliphatic heterocycles. The molecule has 0 saturated carbocycles. The summed E-state index contributed by atoms with van der Waals surface area (Å²) in [6, 6.07) is 9.11. The molecule has 10 atom stereocenters. The fraction of sp³-hybridized carbons (Fsp3) is 0.750. The molecular weight excluding hydrogens is 448 g/mol. The number of esters is 1. The number of hydrogen-bond donors (Lipinski definition) is 0. The van der Waals surface area contributed by atoms with Crippen LogP contribution in [0.25, 0.3) is 0 Å². The van der Waals surface area contributed by atoms with Gasteiger partial charge in [0.1, 0.15) is 18.1 Å². The zero-order valence-corrected chi connectivity index (χ0v) is 22.9. The number of ether oxygens (including phenoxy) is 4. The minimum atomic E-state index is -0.347. The molecule has 0 aliphatic carbocycles. The normalized spacial score (nSPS) is 38.6. The van der Waals surface area contributed by atoms with Gasteiger partial charge in [-0.25, -0.2) is 4.79 Å². The number of carbonyl (C=O) groups excluding carboxylic acids is 1. The molecule has 0 radical (unpaired) electrons. The van der Waals surface area contributed by atoms with Crippen molar-refractivity contribution in [2.75, 3.05) is 6.61 Å². The molecule has 192 valence electrons. The summed E-state index contributed by atoms with van der Waals surface area (Å²) in [5.74, 6) is 1.47. The highest BCUT2D eigenvalue weighted by atomic mass is 32.2. The van der Waals surface area contributed by atoms with Crippen LogP contribution in [-0.4, -0.2) is 47.9 Å². The quantitative estimate of drug-likeness (QED) is 0.391. The lowest BCUT2D eigenvalue weighted by molar-refractivity contribution is -0.297. The molecule has 2 fully saturated rings. The highest BCUT2D eigenvalue weighted by Gasteiger charge is 2.47. The van der Waals surface area contributed by atoms with Crippen LogP contribution in [0.3, 0.4) is 0 Å². The van der Waals surface area contributed by atoms with Gasteiger partial charge in [0.05, 0.1) is 17.8 Å². The summed E-state index contributed by atoms with van der Waals surface area (Å²) in [5.41, 5.74) is 0.574. The molecule has 0 amide bonds. The van der Waals surface area contributed by atoms with Gasteiger partial charge in [-0.2, -0.15) is 0 Å². The fourth-order valence-corrected chi connectivity index (χ4v) is 6.35. The zero-order valence-electron chi connectivity index (χ0n) is 22.1. The first kappa shape index (κ1) is 27.5. The van der Waals surface area contributed by atoms with Crippen LogP contribution in [0.1, 0.15) is 72.2 Å². The fourth-order valence-electron chi connectivity index (χ4n) is 5.11. The van der Waals surface area contributed by atoms with Gasteiger partial charge in [-0.15, -0.1) is 11.8 Å². The molecular formula is C28H44O5S. The van der Waals surface area contributed by atoms with Gasteiger partial charge in [-0.3, -0.25) is 0 Å². The van der Waals surface area contributed by atoms with Crippen molar-refractivity contribution in [2.45, 2.75) is 97.1 Å². The van der Waals surface area contributed by atoms with Gasteiger partial charge < -0.3 is 18.9 Å². The first-order valence-corrected chi connectivity index (χ1v) is 13.9. The molecule has 34 heavy (non-hydrogen) atoms. The van der Waals surface area contributed by atoms with Crippen LogP contribution < -0.4 is 0 Å². The third kappa shape index (κ3) is 6.37. The van der Waals surface area contributed by atoms with E-state index in [1.165, 1.54) is 0 Å². The summed E-state index contributed by atoms with van der Waals surface area (Å²) in [5, 5.41) is 0.444. The summed E-state index contributed by atoms with van der Waals surface area (Å²) in [6.45, 7) is 18.0. The van der Waals surface area contributed by atoms with E-state index < -0.39 is 0 Å². The third-order valence-corrected chi connectivity index (χ3v) is 9.28. The van der Waals surface area contributed by atoms with E-state index in [2.05, 4.69) is 55.4 Å². The predicted octanol–water partition coefficient (Wildman–Crippen LogP) is 6.41. The van der Waals surface area contributed by atoms with Crippen molar-refractivity contribution in [1.82, 2.24) is 0 Å². The maximum absolute atomic E-state index is 12.7. The van der Waals surface area contributed by atoms with Gasteiger partial charge in [0.25, 0.3) is 0 Å². The van der Waals surface area contributed by atoms with E-state index in [-0.39, 0.29) is 54.4 Å². The monoisotopic (exact) mass is 492 g/mol. The molecule has 1 aromatic carbocycles. The Hall–Kier alpha value is -1.08. The standard InChI is InChI=1S/C28H44O5S/c1-9-23-18(5)17(4)20(7)27(31-23)33-25-19(6)21(8)28(34-16(2)3)32-24(25)15-30-26(29)22-13-11-10-12-14-22/h10-14,16-21,23-25,27-28H,9,15H2,1-8H3/t17-,18+,19+,20?,21?,23?,24?,25+,27-,28-/m0/s1. The van der Waals surface area contributed by atoms with Crippen LogP contribution in [0.2, 0.25) is 0 Å². The van der Waals surface area contributed by atoms with Gasteiger partial charge in [-0.05, 0) is 42.2 Å². The van der Waals surface area contributed by atoms with E-state index in [9.17, 15) is 4.79 Å². The molecule has 5 nitrogen and oxygen atoms in total. The molecule has 3 rings (SSSR count). The Labute approximate surface area is 210 Å². The molecule has 0 aromatic heterocycles. The van der Waals surface area contributed by atoms with E-state index in [4.69, 9.17) is 18.9 Å². The number of thioether (sulfide) groups is 1. The molecule has 2 aliphatic rings. The van der Waals surface area contributed by atoms with E-state index >= 15 is 0 Å². The van der Waals surface area contributed by atoms with Crippen LogP contribution in [0.4, 0.5) is 0 Å². The van der Waals surface area contributed by atoms with Gasteiger partial charge in [0.15, 0.2) is 6.29 Å². The third-order valence-electron chi connectivity index (χ3n) is 7.92. The SMILES string of the molecule is CCC1O[C@@H](O[C@H]2C(COC(=O)c3ccccc3)O[C@@H](SC(C)C)C(C)[C@H]2C)C(C)[C@@H](C)[C@H]1C. The largest absolute Gasteiger partial charge is 0.459 e. The number of rotatable bonds is 8. The molecule has 0 bridgehead atoms. The summed E-state index contributed by atoms with van der Waals surface area (Å²) in [7, 11) is 0. The van der Waals surface area contributed by atoms with Gasteiger partial charge >= 0.3 is 5.97 Å². The minimum absolute atomic E-state index is 0.0299. The maximum atomic E-state index is 12.7. The van der Waals surface area contributed by atoms with Crippen molar-refractivity contribution in [3.05, 3.63) is 35.9 Å². The zero-order chi connectivity index (χ0) is 25.0. The summed E-state index contributed by atoms with van der Waals surface area (Å²) in [6.07, 6.45) is 0.304. The number of benzene rings is 1. The minimum Gasteiger partial charge on any atom is -0.459 e. The van der Waals surface area contributed by atoms with E-state index in [0.717, 1.165) is 6.42 Å². The molecule has 4 unspecified atom stereocenters. The van der Waals surface area contributed by atoms with Gasteiger partial charge in [-0.1, -0.05) is 73.6 Å². The summed E-state index contributed by atoms with van der Waals surface area (Å²) in [4.78, 5) is 12.7. The average Bonchev–Trinajstić information content (AvgIpc) is 2.82. The Morgan fingerprint density at radius 3 is 2.21 bits per heavy atom. The molecule has 2 saturated heterocycles. The second kappa shape index (κ2) is 12.2. The summed E-state index contributed by atoms with van der Waals surface area (Å²) < 4.78 is 25.5. The second-order valence-electron chi connectivity index (χ2n) is 10.5. The average molecular weight is 493 g/mol. The van der Waals surface area contributed by atoms with Crippen molar-refractivity contribution in [3.63, 3.8) is 0 Å². The van der Waals surface area contributed by atoms with Crippen molar-refractivity contribution in [1.29, 1.82) is 0 Å². The Balaban J connectivity index is 1.77. The Bertz CT molecular complexity index is 769. The van der Waals surface area contributed by atoms with Crippen LogP contribution >= 0.6 is 11.8 Å². The number of hydrogen-bond acceptors (Lipinski definition) is 6. The molecule has 0 spiro atoms. The molecule has 6 heteroatoms. The van der Waals surface area contributed by atoms with Crippen LogP contribution in [-0.2, 0) is 18.9 Å². The second-order valence-corrected chi connectivity index (χ2v) is 12.2. The highest BCUT2D eigenvalue weighted by molar-refractivity contribution is 8.00. The maximum Gasteiger partial charge on any atom is 0.338 e. The van der Waals surface area contributed by atoms with E-state index in [1.54, 1.807) is 12.1 Å². The lowest BCUT2D eigenvalue weighted by Crippen LogP contribution is -2.55.